The fourth-order valence-corrected chi connectivity index (χ4v) is 0.602. The molecule has 1 rings (SSSR count). The fraction of sp³-hybridized carbons (Fsp3) is 0.600. The Morgan fingerprint density at radius 3 is 2.25 bits per heavy atom. The first-order chi connectivity index (χ1) is 5.86. The molecule has 0 aromatic carbocycles. The Balaban J connectivity index is 2.58. The molecule has 0 aliphatic carbocycles. The Bertz CT molecular complexity index is 199. The minimum absolute atomic E-state index is 0.0135. The van der Waals surface area contributed by atoms with Crippen LogP contribution in [0, 0.1) is 0 Å². The highest BCUT2D eigenvalue weighted by Crippen LogP contribution is 1.94. The van der Waals surface area contributed by atoms with Crippen LogP contribution in [-0.4, -0.2) is 33.7 Å². The summed E-state index contributed by atoms with van der Waals surface area (Å²) in [7, 11) is 0. The van der Waals surface area contributed by atoms with Crippen LogP contribution in [0.25, 0.3) is 0 Å². The molecule has 12 heavy (non-hydrogen) atoms. The van der Waals surface area contributed by atoms with E-state index in [1.807, 2.05) is 0 Å². The van der Waals surface area contributed by atoms with Crippen LogP contribution in [0.3, 0.4) is 0 Å². The van der Waals surface area contributed by atoms with Crippen molar-refractivity contribution in [2.24, 2.45) is 11.5 Å². The molecule has 0 unspecified atom stereocenters. The van der Waals surface area contributed by atoms with Crippen LogP contribution in [0.2, 0.25) is 0 Å². The average molecular weight is 170 g/mol. The maximum absolute atomic E-state index is 5.27. The molecule has 0 fully saturated rings. The Morgan fingerprint density at radius 2 is 1.75 bits per heavy atom. The summed E-state index contributed by atoms with van der Waals surface area (Å²) in [6.45, 7) is 0.486. The van der Waals surface area contributed by atoms with E-state index in [1.54, 1.807) is 0 Å². The normalized spacial score (nSPS) is 9.83. The highest BCUT2D eigenvalue weighted by Gasteiger charge is 1.99. The van der Waals surface area contributed by atoms with Crippen LogP contribution < -0.4 is 16.2 Å². The van der Waals surface area contributed by atoms with Crippen molar-refractivity contribution in [3.63, 3.8) is 0 Å². The molecular weight excluding hydrogens is 160 g/mol. The van der Waals surface area contributed by atoms with Gasteiger partial charge in [0.15, 0.2) is 5.82 Å². The van der Waals surface area contributed by atoms with Crippen LogP contribution in [0.4, 0.5) is 0 Å². The van der Waals surface area contributed by atoms with Gasteiger partial charge in [-0.05, 0) is 6.54 Å². The van der Waals surface area contributed by atoms with Gasteiger partial charge in [0.25, 0.3) is 0 Å². The van der Waals surface area contributed by atoms with Gasteiger partial charge in [0.1, 0.15) is 6.73 Å². The van der Waals surface area contributed by atoms with Gasteiger partial charge in [-0.25, -0.2) is 0 Å². The molecule has 1 heterocycles. The number of nitrogens with zero attached hydrogens (tertiary/aromatic N) is 4. The van der Waals surface area contributed by atoms with Crippen molar-refractivity contribution in [2.75, 3.05) is 13.3 Å². The summed E-state index contributed by atoms with van der Waals surface area (Å²) in [6.07, 6.45) is 0.558. The zero-order valence-corrected chi connectivity index (χ0v) is 6.47. The molecule has 0 atom stereocenters. The number of hydrogen-bond acceptors (Lipinski definition) is 7. The van der Waals surface area contributed by atoms with Gasteiger partial charge < -0.3 is 10.5 Å². The Morgan fingerprint density at radius 1 is 1.08 bits per heavy atom. The summed E-state index contributed by atoms with van der Waals surface area (Å²) in [4.78, 5) is 0. The van der Waals surface area contributed by atoms with Crippen LogP contribution in [0.1, 0.15) is 5.82 Å². The highest BCUT2D eigenvalue weighted by molar-refractivity contribution is 4.86. The Kier molecular flexibility index (Phi) is 3.30. The number of nitrogens with two attached hydrogens (primary N) is 2. The van der Waals surface area contributed by atoms with Crippen LogP contribution in [-0.2, 0) is 6.42 Å². The summed E-state index contributed by atoms with van der Waals surface area (Å²) in [5, 5.41) is 14.6. The topological polar surface area (TPSA) is 113 Å². The van der Waals surface area contributed by atoms with E-state index in [4.69, 9.17) is 16.2 Å². The number of aromatic nitrogens is 4. The van der Waals surface area contributed by atoms with Gasteiger partial charge >= 0.3 is 6.01 Å². The molecule has 4 N–H and O–H groups in total. The van der Waals surface area contributed by atoms with Gasteiger partial charge in [0, 0.05) is 6.42 Å². The maximum Gasteiger partial charge on any atom is 0.356 e. The van der Waals surface area contributed by atoms with Gasteiger partial charge in [-0.15, -0.1) is 10.2 Å². The second kappa shape index (κ2) is 4.52. The predicted octanol–water partition coefficient (Wildman–Crippen LogP) is -1.94. The molecule has 0 aliphatic rings. The first-order valence-electron chi connectivity index (χ1n) is 3.46. The van der Waals surface area contributed by atoms with Gasteiger partial charge in [0.05, 0.1) is 0 Å². The molecule has 0 amide bonds. The Hall–Kier alpha value is -1.34. The van der Waals surface area contributed by atoms with Crippen molar-refractivity contribution in [3.8, 4) is 6.01 Å². The molecule has 0 aliphatic heterocycles. The molecule has 66 valence electrons. The molecule has 7 nitrogen and oxygen atoms in total. The monoisotopic (exact) mass is 170 g/mol. The summed E-state index contributed by atoms with van der Waals surface area (Å²) < 4.78 is 4.74. The maximum atomic E-state index is 5.27. The summed E-state index contributed by atoms with van der Waals surface area (Å²) in [5.74, 6) is 0.502. The van der Waals surface area contributed by atoms with Crippen molar-refractivity contribution in [1.29, 1.82) is 0 Å². The van der Waals surface area contributed by atoms with Crippen molar-refractivity contribution in [2.45, 2.75) is 6.42 Å². The van der Waals surface area contributed by atoms with Crippen molar-refractivity contribution < 1.29 is 4.74 Å². The lowest BCUT2D eigenvalue weighted by atomic mass is 10.4. The lowest BCUT2D eigenvalue weighted by molar-refractivity contribution is 0.292. The molecule has 1 aromatic heterocycles. The van der Waals surface area contributed by atoms with Gasteiger partial charge in [0.2, 0.25) is 0 Å². The van der Waals surface area contributed by atoms with E-state index in [0.717, 1.165) is 0 Å². The van der Waals surface area contributed by atoms with E-state index >= 15 is 0 Å². The lowest BCUT2D eigenvalue weighted by Crippen LogP contribution is -2.13. The minimum atomic E-state index is 0.0135. The van der Waals surface area contributed by atoms with Crippen LogP contribution >= 0.6 is 0 Å². The van der Waals surface area contributed by atoms with E-state index in [0.29, 0.717) is 18.8 Å². The lowest BCUT2D eigenvalue weighted by Gasteiger charge is -1.98. The average Bonchev–Trinajstić information content (AvgIpc) is 2.09. The third kappa shape index (κ3) is 2.36. The van der Waals surface area contributed by atoms with Gasteiger partial charge in [-0.1, -0.05) is 10.2 Å². The van der Waals surface area contributed by atoms with E-state index in [2.05, 4.69) is 20.4 Å². The van der Waals surface area contributed by atoms with E-state index in [-0.39, 0.29) is 12.7 Å². The van der Waals surface area contributed by atoms with Crippen molar-refractivity contribution >= 4 is 0 Å². The molecule has 0 spiro atoms. The predicted molar refractivity (Wildman–Crippen MR) is 40.1 cm³/mol. The number of rotatable bonds is 4. The summed E-state index contributed by atoms with van der Waals surface area (Å²) in [6, 6.07) is 0.0817. The zero-order chi connectivity index (χ0) is 8.81. The number of ether oxygens (including phenoxy) is 1. The Labute approximate surface area is 69.1 Å². The van der Waals surface area contributed by atoms with Gasteiger partial charge in [-0.2, -0.15) is 0 Å². The van der Waals surface area contributed by atoms with Crippen molar-refractivity contribution in [3.05, 3.63) is 5.82 Å². The zero-order valence-electron chi connectivity index (χ0n) is 6.47. The smallest absolute Gasteiger partial charge is 0.356 e. The van der Waals surface area contributed by atoms with Crippen LogP contribution in [0.5, 0.6) is 6.01 Å². The largest absolute Gasteiger partial charge is 0.446 e. The van der Waals surface area contributed by atoms with E-state index in [1.165, 1.54) is 0 Å². The molecule has 0 bridgehead atoms. The molecule has 7 heteroatoms. The van der Waals surface area contributed by atoms with Gasteiger partial charge in [-0.3, -0.25) is 5.73 Å². The third-order valence-corrected chi connectivity index (χ3v) is 1.08. The summed E-state index contributed by atoms with van der Waals surface area (Å²) >= 11 is 0. The molecule has 1 aromatic rings. The minimum Gasteiger partial charge on any atom is -0.446 e. The SMILES string of the molecule is NCCc1nnc(OCN)nn1. The fourth-order valence-electron chi connectivity index (χ4n) is 0.602. The first kappa shape index (κ1) is 8.75. The van der Waals surface area contributed by atoms with E-state index in [9.17, 15) is 0 Å². The third-order valence-electron chi connectivity index (χ3n) is 1.08. The second-order valence-corrected chi connectivity index (χ2v) is 1.95. The quantitative estimate of drug-likeness (QED) is 0.505. The molecule has 0 saturated heterocycles. The summed E-state index contributed by atoms with van der Waals surface area (Å²) in [5.41, 5.74) is 10.3. The first-order valence-corrected chi connectivity index (χ1v) is 3.46. The highest BCUT2D eigenvalue weighted by atomic mass is 16.5. The second-order valence-electron chi connectivity index (χ2n) is 1.95. The van der Waals surface area contributed by atoms with Crippen molar-refractivity contribution in [1.82, 2.24) is 20.4 Å². The number of hydrogen-bond donors (Lipinski definition) is 2. The molecule has 0 saturated carbocycles. The van der Waals surface area contributed by atoms with Crippen LogP contribution in [0.15, 0.2) is 0 Å². The van der Waals surface area contributed by atoms with E-state index < -0.39 is 0 Å². The molecular formula is C5H10N6O. The standard InChI is InChI=1S/C5H10N6O/c6-2-1-4-8-10-5(11-9-4)12-3-7/h1-3,6-7H2. The molecule has 0 radical (unpaired) electrons.